The Hall–Kier alpha value is -4.20. The Morgan fingerprint density at radius 1 is 1.00 bits per heavy atom. The number of rotatable bonds is 6. The SMILES string of the molecule is CCn1c(=O)c(=O)[nH]c2cc(C(=O)NCc3ccc(Oc4ccc(F)cc4)cc3)ccc21. The van der Waals surface area contributed by atoms with E-state index in [4.69, 9.17) is 4.74 Å². The molecule has 0 aliphatic heterocycles. The Kier molecular flexibility index (Phi) is 5.85. The molecule has 4 rings (SSSR count). The lowest BCUT2D eigenvalue weighted by molar-refractivity contribution is 0.0951. The van der Waals surface area contributed by atoms with Crippen LogP contribution in [0.15, 0.2) is 76.3 Å². The van der Waals surface area contributed by atoms with Gasteiger partial charge in [0.2, 0.25) is 0 Å². The van der Waals surface area contributed by atoms with E-state index < -0.39 is 11.1 Å². The van der Waals surface area contributed by atoms with Crippen LogP contribution < -0.4 is 21.2 Å². The number of halogens is 1. The summed E-state index contributed by atoms with van der Waals surface area (Å²) in [5, 5.41) is 2.83. The zero-order valence-electron chi connectivity index (χ0n) is 17.2. The van der Waals surface area contributed by atoms with Crippen molar-refractivity contribution in [1.82, 2.24) is 14.9 Å². The summed E-state index contributed by atoms with van der Waals surface area (Å²) in [4.78, 5) is 38.9. The van der Waals surface area contributed by atoms with Crippen molar-refractivity contribution in [3.8, 4) is 11.5 Å². The standard InChI is InChI=1S/C24H20FN3O4/c1-2-28-21-12-5-16(13-20(21)27-23(30)24(28)31)22(29)26-14-15-3-8-18(9-4-15)32-19-10-6-17(25)7-11-19/h3-13H,2,14H2,1H3,(H,26,29)(H,27,30). The number of ether oxygens (including phenoxy) is 1. The van der Waals surface area contributed by atoms with E-state index in [1.54, 1.807) is 49.4 Å². The fraction of sp³-hybridized carbons (Fsp3) is 0.125. The second kappa shape index (κ2) is 8.89. The first-order chi connectivity index (χ1) is 15.4. The summed E-state index contributed by atoms with van der Waals surface area (Å²) in [6, 6.07) is 17.7. The monoisotopic (exact) mass is 433 g/mol. The van der Waals surface area contributed by atoms with Gasteiger partial charge in [-0.2, -0.15) is 0 Å². The molecule has 4 aromatic rings. The van der Waals surface area contributed by atoms with Gasteiger partial charge >= 0.3 is 11.1 Å². The molecule has 0 saturated carbocycles. The van der Waals surface area contributed by atoms with Crippen molar-refractivity contribution >= 4 is 16.9 Å². The highest BCUT2D eigenvalue weighted by Gasteiger charge is 2.11. The smallest absolute Gasteiger partial charge is 0.316 e. The number of benzene rings is 3. The van der Waals surface area contributed by atoms with E-state index in [1.807, 2.05) is 12.1 Å². The topological polar surface area (TPSA) is 93.2 Å². The van der Waals surface area contributed by atoms with Gasteiger partial charge < -0.3 is 19.6 Å². The summed E-state index contributed by atoms with van der Waals surface area (Å²) in [6.07, 6.45) is 0. The van der Waals surface area contributed by atoms with E-state index >= 15 is 0 Å². The number of aromatic nitrogens is 2. The number of amides is 1. The van der Waals surface area contributed by atoms with Crippen LogP contribution in [0, 0.1) is 5.82 Å². The van der Waals surface area contributed by atoms with Crippen LogP contribution in [-0.4, -0.2) is 15.5 Å². The number of nitrogens with zero attached hydrogens (tertiary/aromatic N) is 1. The lowest BCUT2D eigenvalue weighted by atomic mass is 10.1. The highest BCUT2D eigenvalue weighted by Crippen LogP contribution is 2.22. The largest absolute Gasteiger partial charge is 0.457 e. The van der Waals surface area contributed by atoms with Crippen molar-refractivity contribution < 1.29 is 13.9 Å². The molecule has 0 atom stereocenters. The van der Waals surface area contributed by atoms with Crippen LogP contribution in [0.4, 0.5) is 4.39 Å². The van der Waals surface area contributed by atoms with Gasteiger partial charge in [-0.15, -0.1) is 0 Å². The summed E-state index contributed by atoms with van der Waals surface area (Å²) < 4.78 is 20.0. The fourth-order valence-corrected chi connectivity index (χ4v) is 3.33. The second-order valence-corrected chi connectivity index (χ2v) is 7.12. The number of aromatic amines is 1. The molecular formula is C24H20FN3O4. The third-order valence-electron chi connectivity index (χ3n) is 4.98. The Morgan fingerprint density at radius 2 is 1.66 bits per heavy atom. The van der Waals surface area contributed by atoms with Crippen LogP contribution in [0.25, 0.3) is 11.0 Å². The van der Waals surface area contributed by atoms with Gasteiger partial charge in [-0.05, 0) is 67.1 Å². The summed E-state index contributed by atoms with van der Waals surface area (Å²) in [5.41, 5.74) is 0.866. The average Bonchev–Trinajstić information content (AvgIpc) is 2.80. The van der Waals surface area contributed by atoms with Crippen LogP contribution in [0.2, 0.25) is 0 Å². The van der Waals surface area contributed by atoms with Crippen LogP contribution in [-0.2, 0) is 13.1 Å². The van der Waals surface area contributed by atoms with Gasteiger partial charge in [0.05, 0.1) is 11.0 Å². The first-order valence-electron chi connectivity index (χ1n) is 10.0. The van der Waals surface area contributed by atoms with Crippen molar-refractivity contribution in [3.05, 3.63) is 104 Å². The summed E-state index contributed by atoms with van der Waals surface area (Å²) in [5.74, 6) is 0.469. The summed E-state index contributed by atoms with van der Waals surface area (Å²) in [6.45, 7) is 2.42. The molecule has 7 nitrogen and oxygen atoms in total. The molecule has 1 amide bonds. The lowest BCUT2D eigenvalue weighted by Gasteiger charge is -2.10. The van der Waals surface area contributed by atoms with Crippen LogP contribution in [0.3, 0.4) is 0 Å². The number of carbonyl (C=O) groups excluding carboxylic acids is 1. The van der Waals surface area contributed by atoms with Crippen LogP contribution >= 0.6 is 0 Å². The molecule has 1 aromatic heterocycles. The minimum absolute atomic E-state index is 0.290. The Bertz CT molecular complexity index is 1390. The summed E-state index contributed by atoms with van der Waals surface area (Å²) in [7, 11) is 0. The molecule has 8 heteroatoms. The molecule has 0 spiro atoms. The zero-order chi connectivity index (χ0) is 22.7. The fourth-order valence-electron chi connectivity index (χ4n) is 3.33. The Morgan fingerprint density at radius 3 is 2.31 bits per heavy atom. The van der Waals surface area contributed by atoms with Crippen molar-refractivity contribution in [2.45, 2.75) is 20.0 Å². The third kappa shape index (κ3) is 4.44. The normalized spacial score (nSPS) is 10.8. The van der Waals surface area contributed by atoms with Gasteiger partial charge in [0.1, 0.15) is 17.3 Å². The highest BCUT2D eigenvalue weighted by molar-refractivity contribution is 5.97. The highest BCUT2D eigenvalue weighted by atomic mass is 19.1. The molecule has 0 unspecified atom stereocenters. The number of aryl methyl sites for hydroxylation is 1. The van der Waals surface area contributed by atoms with Crippen molar-refractivity contribution in [2.75, 3.05) is 0 Å². The van der Waals surface area contributed by atoms with Crippen molar-refractivity contribution in [3.63, 3.8) is 0 Å². The molecule has 0 saturated heterocycles. The Labute approximate surface area is 182 Å². The first-order valence-corrected chi connectivity index (χ1v) is 10.0. The van der Waals surface area contributed by atoms with E-state index in [2.05, 4.69) is 10.3 Å². The molecule has 0 aliphatic rings. The van der Waals surface area contributed by atoms with Gasteiger partial charge in [0, 0.05) is 18.7 Å². The number of hydrogen-bond donors (Lipinski definition) is 2. The third-order valence-corrected chi connectivity index (χ3v) is 4.98. The predicted molar refractivity (Wildman–Crippen MR) is 119 cm³/mol. The molecule has 162 valence electrons. The molecule has 3 aromatic carbocycles. The molecule has 1 heterocycles. The van der Waals surface area contributed by atoms with Gasteiger partial charge in [-0.3, -0.25) is 14.4 Å². The maximum atomic E-state index is 13.0. The molecular weight excluding hydrogens is 413 g/mol. The second-order valence-electron chi connectivity index (χ2n) is 7.12. The number of carbonyl (C=O) groups is 1. The summed E-state index contributed by atoms with van der Waals surface area (Å²) >= 11 is 0. The van der Waals surface area contributed by atoms with E-state index in [-0.39, 0.29) is 11.7 Å². The van der Waals surface area contributed by atoms with Crippen LogP contribution in [0.1, 0.15) is 22.8 Å². The molecule has 0 fully saturated rings. The minimum atomic E-state index is -0.722. The quantitative estimate of drug-likeness (QED) is 0.455. The Balaban J connectivity index is 1.43. The van der Waals surface area contributed by atoms with Gasteiger partial charge in [0.15, 0.2) is 0 Å². The number of H-pyrrole nitrogens is 1. The average molecular weight is 433 g/mol. The lowest BCUT2D eigenvalue weighted by Crippen LogP contribution is -2.36. The van der Waals surface area contributed by atoms with E-state index in [0.29, 0.717) is 41.2 Å². The number of nitrogens with one attached hydrogen (secondary N) is 2. The van der Waals surface area contributed by atoms with Crippen molar-refractivity contribution in [1.29, 1.82) is 0 Å². The van der Waals surface area contributed by atoms with Crippen LogP contribution in [0.5, 0.6) is 11.5 Å². The predicted octanol–water partition coefficient (Wildman–Crippen LogP) is 3.57. The molecule has 0 bridgehead atoms. The number of hydrogen-bond acceptors (Lipinski definition) is 4. The molecule has 32 heavy (non-hydrogen) atoms. The maximum absolute atomic E-state index is 13.0. The van der Waals surface area contributed by atoms with Gasteiger partial charge in [0.25, 0.3) is 5.91 Å². The molecule has 0 radical (unpaired) electrons. The van der Waals surface area contributed by atoms with E-state index in [0.717, 1.165) is 5.56 Å². The minimum Gasteiger partial charge on any atom is -0.457 e. The zero-order valence-corrected chi connectivity index (χ0v) is 17.2. The number of fused-ring (bicyclic) bond motifs is 1. The van der Waals surface area contributed by atoms with Gasteiger partial charge in [-0.1, -0.05) is 12.1 Å². The molecule has 2 N–H and O–H groups in total. The first kappa shape index (κ1) is 21.0. The van der Waals surface area contributed by atoms with E-state index in [1.165, 1.54) is 16.7 Å². The molecule has 0 aliphatic carbocycles. The van der Waals surface area contributed by atoms with E-state index in [9.17, 15) is 18.8 Å². The maximum Gasteiger partial charge on any atom is 0.316 e. The van der Waals surface area contributed by atoms with Crippen molar-refractivity contribution in [2.24, 2.45) is 0 Å². The van der Waals surface area contributed by atoms with Gasteiger partial charge in [-0.25, -0.2) is 4.39 Å².